The average Bonchev–Trinajstić information content (AvgIpc) is 2.58. The monoisotopic (exact) mass is 325 g/mol. The molecule has 1 unspecified atom stereocenters. The van der Waals surface area contributed by atoms with Crippen LogP contribution >= 0.6 is 15.9 Å². The summed E-state index contributed by atoms with van der Waals surface area (Å²) < 4.78 is 16.4. The first kappa shape index (κ1) is 14.2. The van der Waals surface area contributed by atoms with Crippen molar-refractivity contribution in [1.29, 1.82) is 0 Å². The predicted molar refractivity (Wildman–Crippen MR) is 77.5 cm³/mol. The molecule has 0 saturated heterocycles. The lowest BCUT2D eigenvalue weighted by Gasteiger charge is -2.08. The Kier molecular flexibility index (Phi) is 4.06. The maximum absolute atomic E-state index is 13.8. The fraction of sp³-hybridized carbons (Fsp3) is 0.357. The number of nitrogens with two attached hydrogens (primary N) is 1. The molecule has 1 atom stereocenters. The van der Waals surface area contributed by atoms with Gasteiger partial charge in [0.25, 0.3) is 0 Å². The van der Waals surface area contributed by atoms with Gasteiger partial charge < -0.3 is 5.73 Å². The molecule has 1 heterocycles. The molecule has 0 spiro atoms. The molecule has 0 radical (unpaired) electrons. The normalized spacial score (nSPS) is 12.7. The predicted octanol–water partition coefficient (Wildman–Crippen LogP) is 3.47. The fourth-order valence-corrected chi connectivity index (χ4v) is 2.67. The standard InChI is InChI=1S/C14H17BrFN3/c1-8(17)14-9(2)18-19(10(14)3)7-11-4-5-12(15)6-13(11)16/h4-6,8H,7,17H2,1-3H3. The third kappa shape index (κ3) is 2.87. The Hall–Kier alpha value is -1.20. The van der Waals surface area contributed by atoms with Crippen molar-refractivity contribution >= 4 is 15.9 Å². The molecule has 0 aliphatic carbocycles. The lowest BCUT2D eigenvalue weighted by molar-refractivity contribution is 0.577. The summed E-state index contributed by atoms with van der Waals surface area (Å²) in [5.41, 5.74) is 9.50. The Morgan fingerprint density at radius 2 is 2.11 bits per heavy atom. The quantitative estimate of drug-likeness (QED) is 0.939. The zero-order chi connectivity index (χ0) is 14.2. The molecule has 5 heteroatoms. The van der Waals surface area contributed by atoms with Crippen molar-refractivity contribution in [2.75, 3.05) is 0 Å². The summed E-state index contributed by atoms with van der Waals surface area (Å²) in [6, 6.07) is 4.99. The number of aryl methyl sites for hydroxylation is 1. The lowest BCUT2D eigenvalue weighted by Crippen LogP contribution is -2.09. The maximum atomic E-state index is 13.8. The minimum Gasteiger partial charge on any atom is -0.324 e. The second-order valence-corrected chi connectivity index (χ2v) is 5.68. The smallest absolute Gasteiger partial charge is 0.129 e. The first-order valence-electron chi connectivity index (χ1n) is 6.13. The Morgan fingerprint density at radius 1 is 1.42 bits per heavy atom. The van der Waals surface area contributed by atoms with Crippen LogP contribution in [0.3, 0.4) is 0 Å². The van der Waals surface area contributed by atoms with E-state index in [0.29, 0.717) is 12.1 Å². The van der Waals surface area contributed by atoms with E-state index in [1.807, 2.05) is 26.8 Å². The van der Waals surface area contributed by atoms with Gasteiger partial charge in [-0.15, -0.1) is 0 Å². The molecule has 2 aromatic rings. The molecule has 0 amide bonds. The van der Waals surface area contributed by atoms with Crippen LogP contribution in [0.1, 0.15) is 35.5 Å². The Morgan fingerprint density at radius 3 is 2.63 bits per heavy atom. The van der Waals surface area contributed by atoms with E-state index in [-0.39, 0.29) is 11.9 Å². The number of rotatable bonds is 3. The van der Waals surface area contributed by atoms with Crippen LogP contribution in [-0.4, -0.2) is 9.78 Å². The summed E-state index contributed by atoms with van der Waals surface area (Å²) in [6.45, 7) is 6.25. The zero-order valence-corrected chi connectivity index (χ0v) is 12.8. The van der Waals surface area contributed by atoms with E-state index in [1.54, 1.807) is 10.7 Å². The van der Waals surface area contributed by atoms with Crippen LogP contribution in [0.5, 0.6) is 0 Å². The number of nitrogens with zero attached hydrogens (tertiary/aromatic N) is 2. The van der Waals surface area contributed by atoms with Gasteiger partial charge in [0.1, 0.15) is 5.82 Å². The Labute approximate surface area is 120 Å². The van der Waals surface area contributed by atoms with Crippen LogP contribution in [0, 0.1) is 19.7 Å². The molecule has 1 aromatic carbocycles. The molecule has 2 N–H and O–H groups in total. The van der Waals surface area contributed by atoms with Crippen molar-refractivity contribution in [3.8, 4) is 0 Å². The van der Waals surface area contributed by atoms with Gasteiger partial charge in [-0.05, 0) is 32.9 Å². The highest BCUT2D eigenvalue weighted by Gasteiger charge is 2.15. The number of hydrogen-bond donors (Lipinski definition) is 1. The maximum Gasteiger partial charge on any atom is 0.129 e. The summed E-state index contributed by atoms with van der Waals surface area (Å²) in [6.07, 6.45) is 0. The van der Waals surface area contributed by atoms with Crippen LogP contribution in [0.4, 0.5) is 4.39 Å². The molecule has 0 aliphatic heterocycles. The van der Waals surface area contributed by atoms with Crippen molar-refractivity contribution in [3.63, 3.8) is 0 Å². The van der Waals surface area contributed by atoms with Crippen molar-refractivity contribution in [1.82, 2.24) is 9.78 Å². The molecule has 1 aromatic heterocycles. The van der Waals surface area contributed by atoms with E-state index in [2.05, 4.69) is 21.0 Å². The molecular formula is C14H17BrFN3. The van der Waals surface area contributed by atoms with E-state index in [4.69, 9.17) is 5.73 Å². The molecule has 19 heavy (non-hydrogen) atoms. The van der Waals surface area contributed by atoms with Gasteiger partial charge in [-0.1, -0.05) is 22.0 Å². The average molecular weight is 326 g/mol. The minimum absolute atomic E-state index is 0.0662. The van der Waals surface area contributed by atoms with Crippen LogP contribution in [0.2, 0.25) is 0 Å². The van der Waals surface area contributed by atoms with Gasteiger partial charge in [-0.2, -0.15) is 5.10 Å². The van der Waals surface area contributed by atoms with Crippen molar-refractivity contribution < 1.29 is 4.39 Å². The van der Waals surface area contributed by atoms with Crippen molar-refractivity contribution in [3.05, 3.63) is 51.0 Å². The van der Waals surface area contributed by atoms with Gasteiger partial charge in [0.2, 0.25) is 0 Å². The highest BCUT2D eigenvalue weighted by molar-refractivity contribution is 9.10. The van der Waals surface area contributed by atoms with Gasteiger partial charge in [0.15, 0.2) is 0 Å². The molecule has 0 aliphatic rings. The SMILES string of the molecule is Cc1nn(Cc2ccc(Br)cc2F)c(C)c1C(C)N. The summed E-state index contributed by atoms with van der Waals surface area (Å²) >= 11 is 3.25. The van der Waals surface area contributed by atoms with Gasteiger partial charge in [-0.25, -0.2) is 4.39 Å². The highest BCUT2D eigenvalue weighted by Crippen LogP contribution is 2.21. The third-order valence-corrected chi connectivity index (χ3v) is 3.72. The van der Waals surface area contributed by atoms with Crippen molar-refractivity contribution in [2.45, 2.75) is 33.4 Å². The highest BCUT2D eigenvalue weighted by atomic mass is 79.9. The molecule has 0 fully saturated rings. The zero-order valence-electron chi connectivity index (χ0n) is 11.2. The summed E-state index contributed by atoms with van der Waals surface area (Å²) in [5, 5.41) is 4.45. The summed E-state index contributed by atoms with van der Waals surface area (Å²) in [7, 11) is 0. The molecule has 102 valence electrons. The van der Waals surface area contributed by atoms with E-state index < -0.39 is 0 Å². The Balaban J connectivity index is 2.36. The largest absolute Gasteiger partial charge is 0.324 e. The van der Waals surface area contributed by atoms with Crippen LogP contribution in [0.15, 0.2) is 22.7 Å². The molecule has 0 saturated carbocycles. The van der Waals surface area contributed by atoms with Crippen molar-refractivity contribution in [2.24, 2.45) is 5.73 Å². The number of benzene rings is 1. The number of hydrogen-bond acceptors (Lipinski definition) is 2. The number of aromatic nitrogens is 2. The minimum atomic E-state index is -0.232. The lowest BCUT2D eigenvalue weighted by atomic mass is 10.1. The van der Waals surface area contributed by atoms with Crippen LogP contribution < -0.4 is 5.73 Å². The van der Waals surface area contributed by atoms with E-state index in [0.717, 1.165) is 21.4 Å². The van der Waals surface area contributed by atoms with Gasteiger partial charge >= 0.3 is 0 Å². The van der Waals surface area contributed by atoms with E-state index in [1.165, 1.54) is 6.07 Å². The van der Waals surface area contributed by atoms with E-state index in [9.17, 15) is 4.39 Å². The van der Waals surface area contributed by atoms with Gasteiger partial charge in [0, 0.05) is 27.3 Å². The molecular weight excluding hydrogens is 309 g/mol. The first-order chi connectivity index (χ1) is 8.90. The number of halogens is 2. The van der Waals surface area contributed by atoms with Gasteiger partial charge in [0.05, 0.1) is 12.2 Å². The Bertz CT molecular complexity index is 605. The third-order valence-electron chi connectivity index (χ3n) is 3.23. The molecule has 0 bridgehead atoms. The molecule has 2 rings (SSSR count). The summed E-state index contributed by atoms with van der Waals surface area (Å²) in [5.74, 6) is -0.232. The van der Waals surface area contributed by atoms with Crippen LogP contribution in [-0.2, 0) is 6.54 Å². The first-order valence-corrected chi connectivity index (χ1v) is 6.93. The second kappa shape index (κ2) is 5.43. The topological polar surface area (TPSA) is 43.8 Å². The summed E-state index contributed by atoms with van der Waals surface area (Å²) in [4.78, 5) is 0. The fourth-order valence-electron chi connectivity index (χ4n) is 2.33. The van der Waals surface area contributed by atoms with Gasteiger partial charge in [-0.3, -0.25) is 4.68 Å². The molecule has 3 nitrogen and oxygen atoms in total. The second-order valence-electron chi connectivity index (χ2n) is 4.77. The van der Waals surface area contributed by atoms with E-state index >= 15 is 0 Å². The van der Waals surface area contributed by atoms with Crippen LogP contribution in [0.25, 0.3) is 0 Å².